The van der Waals surface area contributed by atoms with E-state index in [9.17, 15) is 9.59 Å². The average molecular weight is 205 g/mol. The largest absolute Gasteiger partial charge is 0.495 e. The number of amides is 1. The van der Waals surface area contributed by atoms with Crippen molar-refractivity contribution in [2.24, 2.45) is 0 Å². The molecule has 78 valence electrons. The van der Waals surface area contributed by atoms with Crippen molar-refractivity contribution >= 4 is 17.9 Å². The predicted octanol–water partition coefficient (Wildman–Crippen LogP) is 1.39. The van der Waals surface area contributed by atoms with Crippen molar-refractivity contribution in [2.45, 2.75) is 12.8 Å². The van der Waals surface area contributed by atoms with Gasteiger partial charge in [-0.3, -0.25) is 9.59 Å². The number of ether oxygens (including phenoxy) is 1. The van der Waals surface area contributed by atoms with Crippen LogP contribution in [0.3, 0.4) is 0 Å². The molecule has 4 nitrogen and oxygen atoms in total. The van der Waals surface area contributed by atoms with Gasteiger partial charge in [0.25, 0.3) is 0 Å². The summed E-state index contributed by atoms with van der Waals surface area (Å²) in [6.07, 6.45) is 1.89. The molecule has 15 heavy (non-hydrogen) atoms. The number of aldehydes is 1. The summed E-state index contributed by atoms with van der Waals surface area (Å²) in [5.41, 5.74) is 2.22. The van der Waals surface area contributed by atoms with Crippen LogP contribution in [-0.2, 0) is 11.2 Å². The number of benzene rings is 1. The van der Waals surface area contributed by atoms with Crippen molar-refractivity contribution in [1.29, 1.82) is 0 Å². The molecule has 0 unspecified atom stereocenters. The van der Waals surface area contributed by atoms with Gasteiger partial charge in [0, 0.05) is 12.0 Å². The number of hydrogen-bond acceptors (Lipinski definition) is 3. The van der Waals surface area contributed by atoms with Crippen LogP contribution in [-0.4, -0.2) is 19.3 Å². The first-order valence-corrected chi connectivity index (χ1v) is 4.70. The van der Waals surface area contributed by atoms with E-state index in [2.05, 4.69) is 5.32 Å². The van der Waals surface area contributed by atoms with Crippen LogP contribution in [0.25, 0.3) is 0 Å². The minimum absolute atomic E-state index is 0.0142. The summed E-state index contributed by atoms with van der Waals surface area (Å²) in [6.45, 7) is 0. The highest BCUT2D eigenvalue weighted by molar-refractivity contribution is 5.96. The second kappa shape index (κ2) is 3.73. The average Bonchev–Trinajstić information content (AvgIpc) is 2.27. The van der Waals surface area contributed by atoms with Crippen LogP contribution >= 0.6 is 0 Å². The highest BCUT2D eigenvalue weighted by Crippen LogP contribution is 2.33. The Hall–Kier alpha value is -1.84. The quantitative estimate of drug-likeness (QED) is 0.742. The number of methoxy groups -OCH3 is 1. The zero-order chi connectivity index (χ0) is 10.8. The molecule has 4 heteroatoms. The maximum atomic E-state index is 11.2. The molecule has 0 fully saturated rings. The number of anilines is 1. The molecule has 1 N–H and O–H groups in total. The van der Waals surface area contributed by atoms with Crippen molar-refractivity contribution in [3.8, 4) is 5.75 Å². The van der Waals surface area contributed by atoms with Crippen LogP contribution in [0.15, 0.2) is 12.1 Å². The number of aryl methyl sites for hydroxylation is 1. The smallest absolute Gasteiger partial charge is 0.224 e. The minimum Gasteiger partial charge on any atom is -0.495 e. The lowest BCUT2D eigenvalue weighted by molar-refractivity contribution is -0.116. The molecule has 0 saturated carbocycles. The number of rotatable bonds is 2. The van der Waals surface area contributed by atoms with E-state index in [0.29, 0.717) is 29.8 Å². The van der Waals surface area contributed by atoms with E-state index < -0.39 is 0 Å². The Bertz CT molecular complexity index is 409. The van der Waals surface area contributed by atoms with E-state index in [1.807, 2.05) is 0 Å². The second-order valence-corrected chi connectivity index (χ2v) is 3.42. The van der Waals surface area contributed by atoms with Gasteiger partial charge in [-0.25, -0.2) is 0 Å². The number of carbonyl (C=O) groups is 2. The Kier molecular flexibility index (Phi) is 2.41. The molecule has 1 amide bonds. The molecular formula is C11H11NO3. The lowest BCUT2D eigenvalue weighted by Crippen LogP contribution is -2.19. The highest BCUT2D eigenvalue weighted by atomic mass is 16.5. The van der Waals surface area contributed by atoms with E-state index in [0.717, 1.165) is 11.8 Å². The van der Waals surface area contributed by atoms with Crippen LogP contribution in [0.1, 0.15) is 22.3 Å². The van der Waals surface area contributed by atoms with Crippen molar-refractivity contribution in [3.63, 3.8) is 0 Å². The fraction of sp³-hybridized carbons (Fsp3) is 0.273. The molecule has 1 aliphatic rings. The lowest BCUT2D eigenvalue weighted by Gasteiger charge is -2.19. The Morgan fingerprint density at radius 2 is 2.20 bits per heavy atom. The summed E-state index contributed by atoms with van der Waals surface area (Å²) >= 11 is 0. The second-order valence-electron chi connectivity index (χ2n) is 3.42. The van der Waals surface area contributed by atoms with Gasteiger partial charge in [0.15, 0.2) is 0 Å². The molecule has 0 spiro atoms. The first-order valence-electron chi connectivity index (χ1n) is 4.70. The van der Waals surface area contributed by atoms with E-state index in [4.69, 9.17) is 4.74 Å². The summed E-state index contributed by atoms with van der Waals surface area (Å²) in [5.74, 6) is 0.530. The van der Waals surface area contributed by atoms with Gasteiger partial charge in [-0.2, -0.15) is 0 Å². The van der Waals surface area contributed by atoms with Gasteiger partial charge in [-0.15, -0.1) is 0 Å². The summed E-state index contributed by atoms with van der Waals surface area (Å²) in [5, 5.41) is 2.75. The van der Waals surface area contributed by atoms with E-state index in [-0.39, 0.29) is 5.91 Å². The summed E-state index contributed by atoms with van der Waals surface area (Å²) in [4.78, 5) is 21.9. The first kappa shape index (κ1) is 9.71. The van der Waals surface area contributed by atoms with Crippen LogP contribution in [0.2, 0.25) is 0 Å². The van der Waals surface area contributed by atoms with Crippen LogP contribution < -0.4 is 10.1 Å². The number of hydrogen-bond donors (Lipinski definition) is 1. The van der Waals surface area contributed by atoms with E-state index >= 15 is 0 Å². The molecule has 0 aromatic heterocycles. The van der Waals surface area contributed by atoms with Gasteiger partial charge in [0.05, 0.1) is 12.8 Å². The normalized spacial score (nSPS) is 14.1. The molecular weight excluding hydrogens is 194 g/mol. The third kappa shape index (κ3) is 1.70. The van der Waals surface area contributed by atoms with Crippen molar-refractivity contribution in [3.05, 3.63) is 23.3 Å². The maximum Gasteiger partial charge on any atom is 0.224 e. The number of fused-ring (bicyclic) bond motifs is 1. The molecule has 1 heterocycles. The third-order valence-electron chi connectivity index (χ3n) is 2.45. The Labute approximate surface area is 87.2 Å². The van der Waals surface area contributed by atoms with E-state index in [1.54, 1.807) is 12.1 Å². The molecule has 0 aliphatic carbocycles. The fourth-order valence-corrected chi connectivity index (χ4v) is 1.72. The zero-order valence-corrected chi connectivity index (χ0v) is 8.37. The molecule has 1 aliphatic heterocycles. The zero-order valence-electron chi connectivity index (χ0n) is 8.37. The highest BCUT2D eigenvalue weighted by Gasteiger charge is 2.19. The predicted molar refractivity (Wildman–Crippen MR) is 55.3 cm³/mol. The third-order valence-corrected chi connectivity index (χ3v) is 2.45. The number of nitrogens with one attached hydrogen (secondary N) is 1. The van der Waals surface area contributed by atoms with E-state index in [1.165, 1.54) is 7.11 Å². The molecule has 1 aromatic carbocycles. The molecule has 0 saturated heterocycles. The van der Waals surface area contributed by atoms with Gasteiger partial charge in [0.2, 0.25) is 5.91 Å². The van der Waals surface area contributed by atoms with Crippen LogP contribution in [0.4, 0.5) is 5.69 Å². The number of carbonyl (C=O) groups excluding carboxylic acids is 2. The topological polar surface area (TPSA) is 55.4 Å². The summed E-state index contributed by atoms with van der Waals surface area (Å²) in [7, 11) is 1.52. The van der Waals surface area contributed by atoms with Gasteiger partial charge in [0.1, 0.15) is 12.0 Å². The van der Waals surface area contributed by atoms with Crippen molar-refractivity contribution in [1.82, 2.24) is 0 Å². The molecule has 1 aromatic rings. The molecule has 0 bridgehead atoms. The van der Waals surface area contributed by atoms with Crippen LogP contribution in [0.5, 0.6) is 5.75 Å². The van der Waals surface area contributed by atoms with Crippen LogP contribution in [0, 0.1) is 0 Å². The van der Waals surface area contributed by atoms with Gasteiger partial charge in [-0.1, -0.05) is 0 Å². The Balaban J connectivity index is 2.53. The Morgan fingerprint density at radius 3 is 2.87 bits per heavy atom. The summed E-state index contributed by atoms with van der Waals surface area (Å²) in [6, 6.07) is 3.40. The first-order chi connectivity index (χ1) is 7.24. The Morgan fingerprint density at radius 1 is 1.40 bits per heavy atom. The molecule has 0 atom stereocenters. The summed E-state index contributed by atoms with van der Waals surface area (Å²) < 4.78 is 5.13. The SMILES string of the molecule is COc1cc(C=O)cc2c1NC(=O)CC2. The minimum atomic E-state index is -0.0142. The van der Waals surface area contributed by atoms with Gasteiger partial charge in [-0.05, 0) is 24.1 Å². The van der Waals surface area contributed by atoms with Crippen molar-refractivity contribution < 1.29 is 14.3 Å². The monoisotopic (exact) mass is 205 g/mol. The van der Waals surface area contributed by atoms with Gasteiger partial charge < -0.3 is 10.1 Å². The molecule has 0 radical (unpaired) electrons. The molecule has 2 rings (SSSR count). The fourth-order valence-electron chi connectivity index (χ4n) is 1.72. The lowest BCUT2D eigenvalue weighted by atomic mass is 10.00. The van der Waals surface area contributed by atoms with Gasteiger partial charge >= 0.3 is 0 Å². The standard InChI is InChI=1S/C11H11NO3/c1-15-9-5-7(6-13)4-8-2-3-10(14)12-11(8)9/h4-6H,2-3H2,1H3,(H,12,14). The maximum absolute atomic E-state index is 11.2. The van der Waals surface area contributed by atoms with Crippen molar-refractivity contribution in [2.75, 3.05) is 12.4 Å².